The van der Waals surface area contributed by atoms with E-state index in [4.69, 9.17) is 4.74 Å². The van der Waals surface area contributed by atoms with Gasteiger partial charge in [-0.2, -0.15) is 0 Å². The Morgan fingerprint density at radius 3 is 2.20 bits per heavy atom. The van der Waals surface area contributed by atoms with Crippen molar-refractivity contribution in [3.63, 3.8) is 0 Å². The van der Waals surface area contributed by atoms with Crippen molar-refractivity contribution >= 4 is 29.5 Å². The number of nitrogens with one attached hydrogen (secondary N) is 4. The first-order valence-electron chi connectivity index (χ1n) is 14.9. The van der Waals surface area contributed by atoms with Crippen LogP contribution in [0.25, 0.3) is 0 Å². The van der Waals surface area contributed by atoms with Crippen molar-refractivity contribution in [2.24, 2.45) is 11.8 Å². The molecule has 2 aromatic rings. The molecule has 0 bridgehead atoms. The van der Waals surface area contributed by atoms with Crippen molar-refractivity contribution in [1.29, 1.82) is 0 Å². The molecule has 5 amide bonds. The lowest BCUT2D eigenvalue weighted by Gasteiger charge is -2.31. The molecule has 1 aliphatic rings. The molecule has 1 saturated heterocycles. The first kappa shape index (κ1) is 34.0. The molecule has 12 nitrogen and oxygen atoms in total. The highest BCUT2D eigenvalue weighted by molar-refractivity contribution is 5.98. The third kappa shape index (κ3) is 9.78. The SMILES string of the molecule is COc1ccc(C[C@@H]2NC(=O)[C@H](CC(C)C)NC(=O)CN(C(=O)c3cccnc3)C[C@H](C(C)C)NC(=O)[C@@H](C)NC2=O)cc1. The summed E-state index contributed by atoms with van der Waals surface area (Å²) in [5.74, 6) is -1.98. The van der Waals surface area contributed by atoms with E-state index in [0.29, 0.717) is 12.2 Å². The van der Waals surface area contributed by atoms with Crippen molar-refractivity contribution in [1.82, 2.24) is 31.2 Å². The van der Waals surface area contributed by atoms with E-state index in [2.05, 4.69) is 26.3 Å². The van der Waals surface area contributed by atoms with E-state index in [1.54, 1.807) is 56.6 Å². The number of benzene rings is 1. The standard InChI is InChI=1S/C32H44N6O6/c1-19(2)14-25-31(42)36-26(15-22-9-11-24(44-6)12-10-22)30(41)34-21(5)29(40)37-27(20(3)4)17-38(18-28(39)35-25)32(43)23-8-7-13-33-16-23/h7-13,16,19-21,25-27H,14-15,17-18H2,1-6H3,(H,34,41)(H,35,39)(H,36,42)(H,37,40)/t21-,25+,26+,27-/m1/s1. The molecule has 0 unspecified atom stereocenters. The second-order valence-electron chi connectivity index (χ2n) is 11.9. The number of aromatic nitrogens is 1. The Morgan fingerprint density at radius 2 is 1.61 bits per heavy atom. The van der Waals surface area contributed by atoms with Crippen molar-refractivity contribution in [3.8, 4) is 5.75 Å². The number of carbonyl (C=O) groups excluding carboxylic acids is 5. The third-order valence-electron chi connectivity index (χ3n) is 7.42. The predicted octanol–water partition coefficient (Wildman–Crippen LogP) is 1.45. The fourth-order valence-corrected chi connectivity index (χ4v) is 4.83. The molecule has 0 saturated carbocycles. The van der Waals surface area contributed by atoms with Crippen LogP contribution >= 0.6 is 0 Å². The highest BCUT2D eigenvalue weighted by atomic mass is 16.5. The number of carbonyl (C=O) groups is 5. The highest BCUT2D eigenvalue weighted by Crippen LogP contribution is 2.15. The van der Waals surface area contributed by atoms with Gasteiger partial charge in [-0.25, -0.2) is 0 Å². The minimum Gasteiger partial charge on any atom is -0.497 e. The Bertz CT molecular complexity index is 1300. The van der Waals surface area contributed by atoms with Crippen molar-refractivity contribution in [2.45, 2.75) is 71.6 Å². The van der Waals surface area contributed by atoms with Crippen LogP contribution < -0.4 is 26.0 Å². The monoisotopic (exact) mass is 608 g/mol. The fourth-order valence-electron chi connectivity index (χ4n) is 4.83. The number of rotatable bonds is 7. The van der Waals surface area contributed by atoms with Gasteiger partial charge in [0, 0.05) is 31.4 Å². The lowest BCUT2D eigenvalue weighted by atomic mass is 10.0. The minimum atomic E-state index is -1.03. The van der Waals surface area contributed by atoms with Gasteiger partial charge in [0.05, 0.1) is 19.2 Å². The Morgan fingerprint density at radius 1 is 0.932 bits per heavy atom. The molecule has 0 aliphatic carbocycles. The summed E-state index contributed by atoms with van der Waals surface area (Å²) in [7, 11) is 1.55. The Labute approximate surface area is 258 Å². The van der Waals surface area contributed by atoms with E-state index in [1.807, 2.05) is 27.7 Å². The van der Waals surface area contributed by atoms with Crippen LogP contribution in [-0.4, -0.2) is 83.8 Å². The van der Waals surface area contributed by atoms with Gasteiger partial charge in [-0.05, 0) is 55.0 Å². The molecule has 238 valence electrons. The van der Waals surface area contributed by atoms with Gasteiger partial charge in [0.1, 0.15) is 23.9 Å². The molecule has 12 heteroatoms. The number of methoxy groups -OCH3 is 1. The maximum absolute atomic E-state index is 13.6. The van der Waals surface area contributed by atoms with Crippen LogP contribution in [0.15, 0.2) is 48.8 Å². The van der Waals surface area contributed by atoms with Crippen molar-refractivity contribution < 1.29 is 28.7 Å². The average Bonchev–Trinajstić information content (AvgIpc) is 2.99. The summed E-state index contributed by atoms with van der Waals surface area (Å²) in [6.45, 7) is 8.84. The van der Waals surface area contributed by atoms with Crippen molar-refractivity contribution in [3.05, 3.63) is 59.9 Å². The smallest absolute Gasteiger partial charge is 0.255 e. The first-order chi connectivity index (χ1) is 20.9. The molecule has 2 heterocycles. The lowest BCUT2D eigenvalue weighted by molar-refractivity contribution is -0.133. The minimum absolute atomic E-state index is 0.0202. The molecule has 0 spiro atoms. The Hall–Kier alpha value is -4.48. The number of hydrogen-bond donors (Lipinski definition) is 4. The van der Waals surface area contributed by atoms with Gasteiger partial charge < -0.3 is 30.9 Å². The van der Waals surface area contributed by atoms with E-state index < -0.39 is 53.7 Å². The van der Waals surface area contributed by atoms with Gasteiger partial charge in [-0.1, -0.05) is 39.8 Å². The summed E-state index contributed by atoms with van der Waals surface area (Å²) < 4.78 is 5.22. The maximum atomic E-state index is 13.6. The summed E-state index contributed by atoms with van der Waals surface area (Å²) >= 11 is 0. The van der Waals surface area contributed by atoms with Gasteiger partial charge >= 0.3 is 0 Å². The summed E-state index contributed by atoms with van der Waals surface area (Å²) in [6.07, 6.45) is 3.39. The van der Waals surface area contributed by atoms with Gasteiger partial charge in [0.15, 0.2) is 0 Å². The van der Waals surface area contributed by atoms with Crippen LogP contribution in [0.5, 0.6) is 5.75 Å². The number of pyridine rings is 1. The van der Waals surface area contributed by atoms with Crippen LogP contribution in [0.4, 0.5) is 0 Å². The van der Waals surface area contributed by atoms with E-state index in [9.17, 15) is 24.0 Å². The van der Waals surface area contributed by atoms with Crippen molar-refractivity contribution in [2.75, 3.05) is 20.2 Å². The molecular formula is C32H44N6O6. The van der Waals surface area contributed by atoms with Gasteiger partial charge in [-0.15, -0.1) is 0 Å². The molecule has 44 heavy (non-hydrogen) atoms. The van der Waals surface area contributed by atoms with Crippen LogP contribution in [0.1, 0.15) is 57.0 Å². The average molecular weight is 609 g/mol. The second kappa shape index (κ2) is 15.8. The zero-order chi connectivity index (χ0) is 32.4. The van der Waals surface area contributed by atoms with E-state index in [-0.39, 0.29) is 36.9 Å². The van der Waals surface area contributed by atoms with Crippen LogP contribution in [0, 0.1) is 11.8 Å². The second-order valence-corrected chi connectivity index (χ2v) is 11.9. The van der Waals surface area contributed by atoms with E-state index in [1.165, 1.54) is 11.1 Å². The predicted molar refractivity (Wildman–Crippen MR) is 165 cm³/mol. The molecule has 4 atom stereocenters. The lowest BCUT2D eigenvalue weighted by Crippen LogP contribution is -2.57. The van der Waals surface area contributed by atoms with Gasteiger partial charge in [-0.3, -0.25) is 29.0 Å². The molecule has 1 fully saturated rings. The zero-order valence-corrected chi connectivity index (χ0v) is 26.3. The first-order valence-corrected chi connectivity index (χ1v) is 14.9. The third-order valence-corrected chi connectivity index (χ3v) is 7.42. The number of amides is 5. The molecule has 1 aliphatic heterocycles. The molecule has 1 aromatic carbocycles. The molecule has 3 rings (SSSR count). The fraction of sp³-hybridized carbons (Fsp3) is 0.500. The quantitative estimate of drug-likeness (QED) is 0.370. The highest BCUT2D eigenvalue weighted by Gasteiger charge is 2.32. The summed E-state index contributed by atoms with van der Waals surface area (Å²) in [4.78, 5) is 72.7. The number of ether oxygens (including phenoxy) is 1. The molecule has 1 aromatic heterocycles. The van der Waals surface area contributed by atoms with Gasteiger partial charge in [0.2, 0.25) is 23.6 Å². The normalized spacial score (nSPS) is 22.3. The van der Waals surface area contributed by atoms with Crippen LogP contribution in [0.2, 0.25) is 0 Å². The topological polar surface area (TPSA) is 159 Å². The number of nitrogens with zero attached hydrogens (tertiary/aromatic N) is 2. The largest absolute Gasteiger partial charge is 0.497 e. The number of hydrogen-bond acceptors (Lipinski definition) is 7. The maximum Gasteiger partial charge on any atom is 0.255 e. The van der Waals surface area contributed by atoms with E-state index in [0.717, 1.165) is 5.56 Å². The molecule has 0 radical (unpaired) electrons. The van der Waals surface area contributed by atoms with Crippen LogP contribution in [0.3, 0.4) is 0 Å². The van der Waals surface area contributed by atoms with Gasteiger partial charge in [0.25, 0.3) is 5.91 Å². The summed E-state index contributed by atoms with van der Waals surface area (Å²) in [5.41, 5.74) is 1.04. The zero-order valence-electron chi connectivity index (χ0n) is 26.3. The summed E-state index contributed by atoms with van der Waals surface area (Å²) in [6, 6.07) is 6.82. The summed E-state index contributed by atoms with van der Waals surface area (Å²) in [5, 5.41) is 11.2. The Kier molecular flexibility index (Phi) is 12.2. The molecular weight excluding hydrogens is 564 g/mol. The Balaban J connectivity index is 1.98. The van der Waals surface area contributed by atoms with E-state index >= 15 is 0 Å². The molecule has 4 N–H and O–H groups in total. The van der Waals surface area contributed by atoms with Crippen LogP contribution in [-0.2, 0) is 25.6 Å².